The van der Waals surface area contributed by atoms with Gasteiger partial charge in [-0.1, -0.05) is 0 Å². The first-order valence-corrected chi connectivity index (χ1v) is 4.40. The average Bonchev–Trinajstić information content (AvgIpc) is 2.44. The lowest BCUT2D eigenvalue weighted by molar-refractivity contribution is -0.139. The predicted octanol–water partition coefficient (Wildman–Crippen LogP) is -1.34. The van der Waals surface area contributed by atoms with Crippen LogP contribution < -0.4 is 16.6 Å². The Bertz CT molecular complexity index is 252. The van der Waals surface area contributed by atoms with Gasteiger partial charge in [-0.25, -0.2) is 5.84 Å². The third-order valence-corrected chi connectivity index (χ3v) is 2.09. The van der Waals surface area contributed by atoms with Gasteiger partial charge < -0.3 is 10.1 Å². The van der Waals surface area contributed by atoms with Crippen molar-refractivity contribution in [2.45, 2.75) is 31.9 Å². The molecule has 4 N–H and O–H groups in total. The van der Waals surface area contributed by atoms with E-state index in [0.29, 0.717) is 13.0 Å². The summed E-state index contributed by atoms with van der Waals surface area (Å²) in [5.74, 6) is 3.25. The molecule has 0 aromatic heterocycles. The highest BCUT2D eigenvalue weighted by molar-refractivity contribution is 6.34. The Kier molecular flexibility index (Phi) is 3.07. The van der Waals surface area contributed by atoms with E-state index in [-0.39, 0.29) is 11.6 Å². The van der Waals surface area contributed by atoms with Crippen molar-refractivity contribution in [2.75, 3.05) is 6.61 Å². The van der Waals surface area contributed by atoms with Crippen LogP contribution >= 0.6 is 0 Å². The molecule has 14 heavy (non-hydrogen) atoms. The molecule has 1 heterocycles. The highest BCUT2D eigenvalue weighted by Gasteiger charge is 2.33. The van der Waals surface area contributed by atoms with E-state index in [4.69, 9.17) is 10.6 Å². The second-order valence-electron chi connectivity index (χ2n) is 3.92. The van der Waals surface area contributed by atoms with Crippen molar-refractivity contribution in [3.05, 3.63) is 0 Å². The Hall–Kier alpha value is -1.14. The third-order valence-electron chi connectivity index (χ3n) is 2.09. The first-order chi connectivity index (χ1) is 6.44. The lowest BCUT2D eigenvalue weighted by Gasteiger charge is -2.15. The zero-order valence-corrected chi connectivity index (χ0v) is 8.29. The number of rotatable bonds is 1. The van der Waals surface area contributed by atoms with Gasteiger partial charge >= 0.3 is 11.8 Å². The molecule has 0 aromatic rings. The summed E-state index contributed by atoms with van der Waals surface area (Å²) in [7, 11) is 0. The SMILES string of the molecule is CC1(C)CC(NC(=O)C(=O)NN)CO1. The fourth-order valence-corrected chi connectivity index (χ4v) is 1.45. The maximum atomic E-state index is 11.1. The number of carbonyl (C=O) groups is 2. The molecule has 1 unspecified atom stereocenters. The van der Waals surface area contributed by atoms with E-state index in [9.17, 15) is 9.59 Å². The summed E-state index contributed by atoms with van der Waals surface area (Å²) in [4.78, 5) is 21.9. The van der Waals surface area contributed by atoms with Crippen LogP contribution in [0.1, 0.15) is 20.3 Å². The van der Waals surface area contributed by atoms with Gasteiger partial charge in [0.05, 0.1) is 18.2 Å². The summed E-state index contributed by atoms with van der Waals surface area (Å²) < 4.78 is 5.39. The molecule has 1 atom stereocenters. The molecule has 0 radical (unpaired) electrons. The van der Waals surface area contributed by atoms with Gasteiger partial charge in [0.1, 0.15) is 0 Å². The first-order valence-electron chi connectivity index (χ1n) is 4.40. The number of ether oxygens (including phenoxy) is 1. The van der Waals surface area contributed by atoms with Crippen LogP contribution in [-0.2, 0) is 14.3 Å². The van der Waals surface area contributed by atoms with Crippen molar-refractivity contribution in [3.63, 3.8) is 0 Å². The number of hydrogen-bond acceptors (Lipinski definition) is 4. The van der Waals surface area contributed by atoms with Gasteiger partial charge in [-0.05, 0) is 20.3 Å². The Morgan fingerprint density at radius 3 is 2.50 bits per heavy atom. The van der Waals surface area contributed by atoms with Gasteiger partial charge in [0.15, 0.2) is 0 Å². The number of hydrogen-bond donors (Lipinski definition) is 3. The molecule has 0 saturated carbocycles. The zero-order chi connectivity index (χ0) is 10.8. The number of carbonyl (C=O) groups excluding carboxylic acids is 2. The molecule has 6 heteroatoms. The Labute approximate surface area is 82.1 Å². The van der Waals surface area contributed by atoms with Gasteiger partial charge in [0, 0.05) is 0 Å². The molecular weight excluding hydrogens is 186 g/mol. The molecule has 0 aliphatic carbocycles. The van der Waals surface area contributed by atoms with Crippen LogP contribution in [0.15, 0.2) is 0 Å². The highest BCUT2D eigenvalue weighted by Crippen LogP contribution is 2.24. The summed E-state index contributed by atoms with van der Waals surface area (Å²) in [6, 6.07) is -0.116. The summed E-state index contributed by atoms with van der Waals surface area (Å²) in [5.41, 5.74) is 1.53. The first kappa shape index (κ1) is 10.9. The van der Waals surface area contributed by atoms with Crippen molar-refractivity contribution in [1.82, 2.24) is 10.7 Å². The lowest BCUT2D eigenvalue weighted by atomic mass is 10.0. The van der Waals surface area contributed by atoms with E-state index in [1.807, 2.05) is 13.8 Å². The van der Waals surface area contributed by atoms with Crippen LogP contribution in [0.3, 0.4) is 0 Å². The van der Waals surface area contributed by atoms with E-state index < -0.39 is 11.8 Å². The van der Waals surface area contributed by atoms with Crippen LogP contribution in [0.4, 0.5) is 0 Å². The van der Waals surface area contributed by atoms with E-state index in [1.54, 1.807) is 5.43 Å². The van der Waals surface area contributed by atoms with Gasteiger partial charge in [0.2, 0.25) is 0 Å². The second-order valence-corrected chi connectivity index (χ2v) is 3.92. The fraction of sp³-hybridized carbons (Fsp3) is 0.750. The Morgan fingerprint density at radius 1 is 1.43 bits per heavy atom. The van der Waals surface area contributed by atoms with E-state index in [0.717, 1.165) is 0 Å². The minimum absolute atomic E-state index is 0.116. The lowest BCUT2D eigenvalue weighted by Crippen LogP contribution is -2.47. The Morgan fingerprint density at radius 2 is 2.07 bits per heavy atom. The monoisotopic (exact) mass is 201 g/mol. The smallest absolute Gasteiger partial charge is 0.323 e. The van der Waals surface area contributed by atoms with E-state index in [1.165, 1.54) is 0 Å². The molecule has 1 rings (SSSR count). The van der Waals surface area contributed by atoms with Crippen molar-refractivity contribution < 1.29 is 14.3 Å². The summed E-state index contributed by atoms with van der Waals surface area (Å²) in [5, 5.41) is 2.53. The van der Waals surface area contributed by atoms with E-state index >= 15 is 0 Å². The minimum atomic E-state index is -0.838. The predicted molar refractivity (Wildman–Crippen MR) is 48.9 cm³/mol. The van der Waals surface area contributed by atoms with Crippen LogP contribution in [0, 0.1) is 0 Å². The zero-order valence-electron chi connectivity index (χ0n) is 8.29. The average molecular weight is 201 g/mol. The van der Waals surface area contributed by atoms with Crippen LogP contribution in [0.25, 0.3) is 0 Å². The summed E-state index contributed by atoms with van der Waals surface area (Å²) in [6.07, 6.45) is 0.691. The molecule has 2 amide bonds. The van der Waals surface area contributed by atoms with Gasteiger partial charge in [-0.15, -0.1) is 0 Å². The number of hydrazine groups is 1. The number of amides is 2. The maximum Gasteiger partial charge on any atom is 0.323 e. The summed E-state index contributed by atoms with van der Waals surface area (Å²) >= 11 is 0. The van der Waals surface area contributed by atoms with Gasteiger partial charge in [0.25, 0.3) is 0 Å². The molecule has 0 bridgehead atoms. The van der Waals surface area contributed by atoms with Crippen molar-refractivity contribution in [3.8, 4) is 0 Å². The fourth-order valence-electron chi connectivity index (χ4n) is 1.45. The largest absolute Gasteiger partial charge is 0.373 e. The second kappa shape index (κ2) is 3.93. The normalized spacial score (nSPS) is 24.4. The minimum Gasteiger partial charge on any atom is -0.373 e. The number of nitrogens with one attached hydrogen (secondary N) is 2. The van der Waals surface area contributed by atoms with Crippen molar-refractivity contribution in [2.24, 2.45) is 5.84 Å². The molecular formula is C8H15N3O3. The van der Waals surface area contributed by atoms with Crippen LogP contribution in [0.5, 0.6) is 0 Å². The Balaban J connectivity index is 2.40. The molecule has 1 fully saturated rings. The standard InChI is InChI=1S/C8H15N3O3/c1-8(2)3-5(4-14-8)10-6(12)7(13)11-9/h5H,3-4,9H2,1-2H3,(H,10,12)(H,11,13). The van der Waals surface area contributed by atoms with Gasteiger partial charge in [-0.2, -0.15) is 0 Å². The van der Waals surface area contributed by atoms with Crippen LogP contribution in [-0.4, -0.2) is 30.1 Å². The van der Waals surface area contributed by atoms with Crippen molar-refractivity contribution in [1.29, 1.82) is 0 Å². The summed E-state index contributed by atoms with van der Waals surface area (Å²) in [6.45, 7) is 4.29. The molecule has 6 nitrogen and oxygen atoms in total. The quantitative estimate of drug-likeness (QED) is 0.212. The molecule has 0 spiro atoms. The molecule has 80 valence electrons. The maximum absolute atomic E-state index is 11.1. The highest BCUT2D eigenvalue weighted by atomic mass is 16.5. The topological polar surface area (TPSA) is 93.5 Å². The molecule has 1 aliphatic rings. The third kappa shape index (κ3) is 2.68. The van der Waals surface area contributed by atoms with Gasteiger partial charge in [-0.3, -0.25) is 15.0 Å². The van der Waals surface area contributed by atoms with E-state index in [2.05, 4.69) is 5.32 Å². The number of nitrogens with two attached hydrogens (primary N) is 1. The molecule has 0 aromatic carbocycles. The van der Waals surface area contributed by atoms with Crippen LogP contribution in [0.2, 0.25) is 0 Å². The molecule has 1 saturated heterocycles. The molecule has 1 aliphatic heterocycles. The van der Waals surface area contributed by atoms with Crippen molar-refractivity contribution >= 4 is 11.8 Å².